The summed E-state index contributed by atoms with van der Waals surface area (Å²) in [6, 6.07) is 9.93. The Balaban J connectivity index is 1.88. The molecule has 0 aliphatic carbocycles. The van der Waals surface area contributed by atoms with Gasteiger partial charge < -0.3 is 9.87 Å². The van der Waals surface area contributed by atoms with Gasteiger partial charge in [0.15, 0.2) is 0 Å². The van der Waals surface area contributed by atoms with E-state index in [9.17, 15) is 22.5 Å². The molecule has 1 aromatic heterocycles. The SMILES string of the molecule is O=C(NCC[S+]([O-])Cc1ccccc1)c1cnccc1C(F)(F)F. The molecule has 4 nitrogen and oxygen atoms in total. The van der Waals surface area contributed by atoms with E-state index < -0.39 is 34.4 Å². The summed E-state index contributed by atoms with van der Waals surface area (Å²) in [4.78, 5) is 15.5. The fraction of sp³-hybridized carbons (Fsp3) is 0.250. The van der Waals surface area contributed by atoms with Crippen molar-refractivity contribution in [2.45, 2.75) is 11.9 Å². The molecule has 1 N–H and O–H groups in total. The van der Waals surface area contributed by atoms with E-state index in [1.54, 1.807) is 0 Å². The van der Waals surface area contributed by atoms with Crippen molar-refractivity contribution in [3.63, 3.8) is 0 Å². The third-order valence-corrected chi connectivity index (χ3v) is 4.47. The first-order valence-electron chi connectivity index (χ1n) is 7.06. The van der Waals surface area contributed by atoms with E-state index in [1.165, 1.54) is 0 Å². The van der Waals surface area contributed by atoms with Gasteiger partial charge in [0, 0.05) is 18.0 Å². The number of carbonyl (C=O) groups excluding carboxylic acids is 1. The maximum Gasteiger partial charge on any atom is 0.417 e. The molecule has 2 rings (SSSR count). The molecule has 0 aliphatic rings. The molecule has 0 fully saturated rings. The number of halogens is 3. The molecular formula is C16H15F3N2O2S. The van der Waals surface area contributed by atoms with Crippen LogP contribution in [0.5, 0.6) is 0 Å². The molecule has 0 saturated heterocycles. The molecule has 24 heavy (non-hydrogen) atoms. The summed E-state index contributed by atoms with van der Waals surface area (Å²) in [5.74, 6) is -0.397. The van der Waals surface area contributed by atoms with Gasteiger partial charge in [0.25, 0.3) is 5.91 Å². The van der Waals surface area contributed by atoms with Crippen LogP contribution in [-0.2, 0) is 23.1 Å². The number of nitrogens with zero attached hydrogens (tertiary/aromatic N) is 1. The molecule has 0 radical (unpaired) electrons. The number of aromatic nitrogens is 1. The fourth-order valence-corrected chi connectivity index (χ4v) is 3.07. The summed E-state index contributed by atoms with van der Waals surface area (Å²) in [6.45, 7) is 0.0183. The van der Waals surface area contributed by atoms with Crippen molar-refractivity contribution >= 4 is 17.1 Å². The van der Waals surface area contributed by atoms with Crippen LogP contribution in [0.15, 0.2) is 48.8 Å². The normalized spacial score (nSPS) is 12.7. The number of hydrogen-bond acceptors (Lipinski definition) is 3. The van der Waals surface area contributed by atoms with Crippen LogP contribution in [0.25, 0.3) is 0 Å². The number of benzene rings is 1. The summed E-state index contributed by atoms with van der Waals surface area (Å²) < 4.78 is 50.5. The Morgan fingerprint density at radius 1 is 1.21 bits per heavy atom. The second kappa shape index (κ2) is 8.16. The van der Waals surface area contributed by atoms with Crippen molar-refractivity contribution in [2.75, 3.05) is 12.3 Å². The summed E-state index contributed by atoms with van der Waals surface area (Å²) in [5.41, 5.74) is -0.687. The highest BCUT2D eigenvalue weighted by Crippen LogP contribution is 2.31. The summed E-state index contributed by atoms with van der Waals surface area (Å²) >= 11 is -1.22. The van der Waals surface area contributed by atoms with Crippen LogP contribution in [-0.4, -0.2) is 27.7 Å². The zero-order valence-corrected chi connectivity index (χ0v) is 13.4. The van der Waals surface area contributed by atoms with E-state index in [-0.39, 0.29) is 12.3 Å². The average Bonchev–Trinajstić information content (AvgIpc) is 2.55. The second-order valence-electron chi connectivity index (χ2n) is 4.95. The molecule has 1 unspecified atom stereocenters. The first kappa shape index (κ1) is 18.3. The van der Waals surface area contributed by atoms with Crippen molar-refractivity contribution in [1.82, 2.24) is 10.3 Å². The van der Waals surface area contributed by atoms with Gasteiger partial charge in [-0.05, 0) is 17.2 Å². The van der Waals surface area contributed by atoms with Crippen LogP contribution >= 0.6 is 0 Å². The topological polar surface area (TPSA) is 65.0 Å². The number of rotatable bonds is 6. The number of carbonyl (C=O) groups is 1. The Labute approximate surface area is 140 Å². The van der Waals surface area contributed by atoms with Gasteiger partial charge in [0.05, 0.1) is 17.7 Å². The number of hydrogen-bond donors (Lipinski definition) is 1. The molecule has 0 saturated carbocycles. The highest BCUT2D eigenvalue weighted by Gasteiger charge is 2.35. The predicted octanol–water partition coefficient (Wildman–Crippen LogP) is 2.78. The molecule has 2 aromatic rings. The van der Waals surface area contributed by atoms with Gasteiger partial charge in [-0.2, -0.15) is 13.2 Å². The molecule has 0 bridgehead atoms. The number of pyridine rings is 1. The van der Waals surface area contributed by atoms with E-state index in [2.05, 4.69) is 10.3 Å². The molecule has 128 valence electrons. The van der Waals surface area contributed by atoms with Gasteiger partial charge >= 0.3 is 6.18 Å². The van der Waals surface area contributed by atoms with Crippen LogP contribution < -0.4 is 5.32 Å². The maximum absolute atomic E-state index is 12.8. The van der Waals surface area contributed by atoms with E-state index in [0.717, 1.165) is 24.0 Å². The minimum atomic E-state index is -4.63. The van der Waals surface area contributed by atoms with Crippen LogP contribution in [0, 0.1) is 0 Å². The Morgan fingerprint density at radius 2 is 1.92 bits per heavy atom. The predicted molar refractivity (Wildman–Crippen MR) is 84.7 cm³/mol. The quantitative estimate of drug-likeness (QED) is 0.810. The molecule has 0 spiro atoms. The summed E-state index contributed by atoms with van der Waals surface area (Å²) in [7, 11) is 0. The molecule has 1 heterocycles. The largest absolute Gasteiger partial charge is 0.616 e. The maximum atomic E-state index is 12.8. The van der Waals surface area contributed by atoms with Gasteiger partial charge in [-0.15, -0.1) is 0 Å². The molecule has 1 aromatic carbocycles. The minimum absolute atomic E-state index is 0.0183. The summed E-state index contributed by atoms with van der Waals surface area (Å²) in [5, 5.41) is 2.36. The second-order valence-corrected chi connectivity index (χ2v) is 6.53. The Bertz CT molecular complexity index is 681. The molecule has 1 atom stereocenters. The van der Waals surface area contributed by atoms with Crippen LogP contribution in [0.2, 0.25) is 0 Å². The standard InChI is InChI=1S/C16H15F3N2O2S/c17-16(18,19)14-6-7-20-10-13(14)15(22)21-8-9-24(23)11-12-4-2-1-3-5-12/h1-7,10H,8-9,11H2,(H,21,22). The van der Waals surface area contributed by atoms with E-state index in [0.29, 0.717) is 5.75 Å². The van der Waals surface area contributed by atoms with Crippen molar-refractivity contribution in [2.24, 2.45) is 0 Å². The lowest BCUT2D eigenvalue weighted by atomic mass is 10.1. The van der Waals surface area contributed by atoms with Gasteiger partial charge in [-0.3, -0.25) is 9.78 Å². The third kappa shape index (κ3) is 5.24. The van der Waals surface area contributed by atoms with Crippen molar-refractivity contribution in [1.29, 1.82) is 0 Å². The Morgan fingerprint density at radius 3 is 2.58 bits per heavy atom. The van der Waals surface area contributed by atoms with Crippen molar-refractivity contribution in [3.05, 3.63) is 65.5 Å². The molecule has 1 amide bonds. The zero-order valence-electron chi connectivity index (χ0n) is 12.5. The van der Waals surface area contributed by atoms with E-state index in [1.807, 2.05) is 30.3 Å². The highest BCUT2D eigenvalue weighted by molar-refractivity contribution is 7.90. The fourth-order valence-electron chi connectivity index (χ4n) is 2.03. The lowest BCUT2D eigenvalue weighted by Gasteiger charge is -2.13. The zero-order chi connectivity index (χ0) is 17.6. The van der Waals surface area contributed by atoms with Crippen LogP contribution in [0.4, 0.5) is 13.2 Å². The smallest absolute Gasteiger partial charge is 0.417 e. The number of nitrogens with one attached hydrogen (secondary N) is 1. The molecular weight excluding hydrogens is 341 g/mol. The Kier molecular flexibility index (Phi) is 6.22. The molecule has 8 heteroatoms. The highest BCUT2D eigenvalue weighted by atomic mass is 32.2. The van der Waals surface area contributed by atoms with Crippen molar-refractivity contribution < 1.29 is 22.5 Å². The minimum Gasteiger partial charge on any atom is -0.616 e. The van der Waals surface area contributed by atoms with E-state index in [4.69, 9.17) is 0 Å². The van der Waals surface area contributed by atoms with Crippen LogP contribution in [0.1, 0.15) is 21.5 Å². The summed E-state index contributed by atoms with van der Waals surface area (Å²) in [6.07, 6.45) is -2.78. The monoisotopic (exact) mass is 356 g/mol. The number of amides is 1. The first-order valence-corrected chi connectivity index (χ1v) is 8.55. The third-order valence-electron chi connectivity index (χ3n) is 3.16. The van der Waals surface area contributed by atoms with Gasteiger partial charge in [0.2, 0.25) is 0 Å². The number of alkyl halides is 3. The van der Waals surface area contributed by atoms with Crippen LogP contribution in [0.3, 0.4) is 0 Å². The van der Waals surface area contributed by atoms with Crippen molar-refractivity contribution in [3.8, 4) is 0 Å². The van der Waals surface area contributed by atoms with Gasteiger partial charge in [-0.1, -0.05) is 30.3 Å². The van der Waals surface area contributed by atoms with E-state index >= 15 is 0 Å². The molecule has 0 aliphatic heterocycles. The lowest BCUT2D eigenvalue weighted by Crippen LogP contribution is -2.31. The lowest BCUT2D eigenvalue weighted by molar-refractivity contribution is -0.138. The van der Waals surface area contributed by atoms with Gasteiger partial charge in [0.1, 0.15) is 11.5 Å². The first-order chi connectivity index (χ1) is 11.4. The van der Waals surface area contributed by atoms with Gasteiger partial charge in [-0.25, -0.2) is 0 Å². The average molecular weight is 356 g/mol. The Hall–Kier alpha value is -2.06.